The maximum atomic E-state index is 14.3. The van der Waals surface area contributed by atoms with Crippen molar-refractivity contribution in [1.82, 2.24) is 0 Å². The van der Waals surface area contributed by atoms with Crippen molar-refractivity contribution in [3.8, 4) is 0 Å². The standard InChI is InChI=1S/C18H32F2O2.C2H6/c1-11(2)5-6-12(3)10-21-15-9-14-8-7-13(4)22-18(14)17(20)16(15)19;1-2/h11-18H,5-10H2,1-4H3;1-2H3. The summed E-state index contributed by atoms with van der Waals surface area (Å²) in [4.78, 5) is 0. The molecular formula is C20H38F2O2. The molecule has 4 heteroatoms. The molecule has 24 heavy (non-hydrogen) atoms. The molecule has 2 fully saturated rings. The first-order valence-corrected chi connectivity index (χ1v) is 9.93. The van der Waals surface area contributed by atoms with Gasteiger partial charge in [-0.15, -0.1) is 0 Å². The summed E-state index contributed by atoms with van der Waals surface area (Å²) in [6.45, 7) is 13.0. The fraction of sp³-hybridized carbons (Fsp3) is 1.00. The fourth-order valence-corrected chi connectivity index (χ4v) is 3.61. The van der Waals surface area contributed by atoms with E-state index in [1.165, 1.54) is 0 Å². The Balaban J connectivity index is 0.00000139. The molecule has 0 radical (unpaired) electrons. The second-order valence-electron chi connectivity index (χ2n) is 7.82. The molecule has 2 nitrogen and oxygen atoms in total. The van der Waals surface area contributed by atoms with E-state index in [-0.39, 0.29) is 12.0 Å². The van der Waals surface area contributed by atoms with Crippen molar-refractivity contribution in [2.75, 3.05) is 6.61 Å². The Kier molecular flexibility index (Phi) is 9.73. The summed E-state index contributed by atoms with van der Waals surface area (Å²) in [5, 5.41) is 0. The van der Waals surface area contributed by atoms with Gasteiger partial charge in [-0.05, 0) is 50.4 Å². The Labute approximate surface area is 147 Å². The minimum absolute atomic E-state index is 0.0419. The first kappa shape index (κ1) is 21.8. The second-order valence-corrected chi connectivity index (χ2v) is 7.82. The molecular weight excluding hydrogens is 310 g/mol. The number of halogens is 2. The first-order chi connectivity index (χ1) is 11.4. The van der Waals surface area contributed by atoms with E-state index in [0.29, 0.717) is 24.9 Å². The molecule has 0 aromatic heterocycles. The molecule has 0 N–H and O–H groups in total. The molecule has 7 unspecified atom stereocenters. The Bertz CT molecular complexity index is 336. The third-order valence-electron chi connectivity index (χ3n) is 5.14. The van der Waals surface area contributed by atoms with E-state index in [1.54, 1.807) is 0 Å². The van der Waals surface area contributed by atoms with E-state index < -0.39 is 24.6 Å². The first-order valence-electron chi connectivity index (χ1n) is 9.93. The highest BCUT2D eigenvalue weighted by Crippen LogP contribution is 2.40. The summed E-state index contributed by atoms with van der Waals surface area (Å²) >= 11 is 0. The van der Waals surface area contributed by atoms with E-state index in [2.05, 4.69) is 20.8 Å². The molecule has 1 saturated carbocycles. The van der Waals surface area contributed by atoms with Crippen molar-refractivity contribution >= 4 is 0 Å². The lowest BCUT2D eigenvalue weighted by Gasteiger charge is -2.44. The predicted octanol–water partition coefficient (Wildman–Crippen LogP) is 5.73. The molecule has 2 aliphatic rings. The minimum Gasteiger partial charge on any atom is -0.375 e. The minimum atomic E-state index is -1.55. The average molecular weight is 349 g/mol. The fourth-order valence-electron chi connectivity index (χ4n) is 3.61. The van der Waals surface area contributed by atoms with Crippen molar-refractivity contribution in [2.45, 2.75) is 104 Å². The number of fused-ring (bicyclic) bond motifs is 1. The summed E-state index contributed by atoms with van der Waals surface area (Å²) < 4.78 is 40.1. The highest BCUT2D eigenvalue weighted by atomic mass is 19.2. The van der Waals surface area contributed by atoms with Crippen LogP contribution in [0.15, 0.2) is 0 Å². The summed E-state index contributed by atoms with van der Waals surface area (Å²) in [5.41, 5.74) is 0. The smallest absolute Gasteiger partial charge is 0.160 e. The summed E-state index contributed by atoms with van der Waals surface area (Å²) in [6.07, 6.45) is 0.442. The van der Waals surface area contributed by atoms with Crippen molar-refractivity contribution in [2.24, 2.45) is 17.8 Å². The molecule has 1 aliphatic carbocycles. The second kappa shape index (κ2) is 10.7. The van der Waals surface area contributed by atoms with Gasteiger partial charge in [-0.25, -0.2) is 8.78 Å². The maximum Gasteiger partial charge on any atom is 0.160 e. The Morgan fingerprint density at radius 3 is 2.33 bits per heavy atom. The van der Waals surface area contributed by atoms with Crippen molar-refractivity contribution in [1.29, 1.82) is 0 Å². The van der Waals surface area contributed by atoms with Crippen LogP contribution in [0.4, 0.5) is 8.78 Å². The molecule has 0 bridgehead atoms. The van der Waals surface area contributed by atoms with Crippen LogP contribution in [0.2, 0.25) is 0 Å². The largest absolute Gasteiger partial charge is 0.375 e. The number of hydrogen-bond donors (Lipinski definition) is 0. The van der Waals surface area contributed by atoms with Gasteiger partial charge >= 0.3 is 0 Å². The lowest BCUT2D eigenvalue weighted by Crippen LogP contribution is -2.54. The van der Waals surface area contributed by atoms with Gasteiger partial charge in [0.25, 0.3) is 0 Å². The van der Waals surface area contributed by atoms with Crippen LogP contribution >= 0.6 is 0 Å². The van der Waals surface area contributed by atoms with Crippen LogP contribution in [0.25, 0.3) is 0 Å². The molecule has 1 heterocycles. The summed E-state index contributed by atoms with van der Waals surface area (Å²) in [6, 6.07) is 0. The third kappa shape index (κ3) is 6.25. The van der Waals surface area contributed by atoms with Crippen LogP contribution in [0, 0.1) is 17.8 Å². The van der Waals surface area contributed by atoms with Crippen LogP contribution in [0.3, 0.4) is 0 Å². The van der Waals surface area contributed by atoms with Crippen LogP contribution in [0.1, 0.15) is 73.6 Å². The number of rotatable bonds is 6. The van der Waals surface area contributed by atoms with Crippen LogP contribution < -0.4 is 0 Å². The van der Waals surface area contributed by atoms with Gasteiger partial charge in [0.05, 0.1) is 18.3 Å². The van der Waals surface area contributed by atoms with Gasteiger partial charge < -0.3 is 9.47 Å². The van der Waals surface area contributed by atoms with Gasteiger partial charge in [0, 0.05) is 6.61 Å². The molecule has 0 aromatic carbocycles. The Hall–Kier alpha value is -0.220. The zero-order valence-corrected chi connectivity index (χ0v) is 16.4. The van der Waals surface area contributed by atoms with Gasteiger partial charge in [-0.2, -0.15) is 0 Å². The topological polar surface area (TPSA) is 18.5 Å². The van der Waals surface area contributed by atoms with E-state index in [1.807, 2.05) is 20.8 Å². The zero-order chi connectivity index (χ0) is 18.3. The molecule has 7 atom stereocenters. The SMILES string of the molecule is CC.CC(C)CCC(C)COC1CC2CCC(C)OC2C(F)C1F. The molecule has 1 aliphatic heterocycles. The van der Waals surface area contributed by atoms with Crippen molar-refractivity contribution in [3.05, 3.63) is 0 Å². The van der Waals surface area contributed by atoms with E-state index in [9.17, 15) is 8.78 Å². The van der Waals surface area contributed by atoms with Gasteiger partial charge in [0.2, 0.25) is 0 Å². The lowest BCUT2D eigenvalue weighted by molar-refractivity contribution is -0.180. The van der Waals surface area contributed by atoms with E-state index in [4.69, 9.17) is 9.47 Å². The molecule has 2 rings (SSSR count). The van der Waals surface area contributed by atoms with Crippen LogP contribution in [0.5, 0.6) is 0 Å². The predicted molar refractivity (Wildman–Crippen MR) is 95.8 cm³/mol. The highest BCUT2D eigenvalue weighted by Gasteiger charge is 2.48. The zero-order valence-electron chi connectivity index (χ0n) is 16.4. The number of alkyl halides is 2. The van der Waals surface area contributed by atoms with E-state index in [0.717, 1.165) is 25.7 Å². The normalized spacial score (nSPS) is 37.4. The maximum absolute atomic E-state index is 14.3. The quantitative estimate of drug-likeness (QED) is 0.610. The summed E-state index contributed by atoms with van der Waals surface area (Å²) in [7, 11) is 0. The highest BCUT2D eigenvalue weighted by molar-refractivity contribution is 4.97. The monoisotopic (exact) mass is 348 g/mol. The van der Waals surface area contributed by atoms with Crippen LogP contribution in [-0.2, 0) is 9.47 Å². The summed E-state index contributed by atoms with van der Waals surface area (Å²) in [5.74, 6) is 1.17. The molecule has 0 aromatic rings. The third-order valence-corrected chi connectivity index (χ3v) is 5.14. The van der Waals surface area contributed by atoms with Crippen molar-refractivity contribution in [3.63, 3.8) is 0 Å². The average Bonchev–Trinajstić information content (AvgIpc) is 2.57. The Morgan fingerprint density at radius 2 is 1.71 bits per heavy atom. The van der Waals surface area contributed by atoms with Gasteiger partial charge in [-0.1, -0.05) is 41.0 Å². The molecule has 1 saturated heterocycles. The number of ether oxygens (including phenoxy) is 2. The van der Waals surface area contributed by atoms with Gasteiger partial charge in [0.15, 0.2) is 12.3 Å². The lowest BCUT2D eigenvalue weighted by atomic mass is 9.77. The molecule has 144 valence electrons. The Morgan fingerprint density at radius 1 is 1.04 bits per heavy atom. The molecule has 0 amide bonds. The van der Waals surface area contributed by atoms with Crippen LogP contribution in [-0.4, -0.2) is 37.3 Å². The van der Waals surface area contributed by atoms with Gasteiger partial charge in [0.1, 0.15) is 0 Å². The number of hydrogen-bond acceptors (Lipinski definition) is 2. The van der Waals surface area contributed by atoms with E-state index >= 15 is 0 Å². The van der Waals surface area contributed by atoms with Gasteiger partial charge in [-0.3, -0.25) is 0 Å². The van der Waals surface area contributed by atoms with Crippen molar-refractivity contribution < 1.29 is 18.3 Å². The molecule has 0 spiro atoms.